The van der Waals surface area contributed by atoms with Crippen molar-refractivity contribution in [3.8, 4) is 16.9 Å². The zero-order chi connectivity index (χ0) is 34.1. The smallest absolute Gasteiger partial charge is 0.337 e. The summed E-state index contributed by atoms with van der Waals surface area (Å²) in [7, 11) is 0. The van der Waals surface area contributed by atoms with Crippen LogP contribution in [-0.2, 0) is 16.0 Å². The molecule has 0 spiro atoms. The highest BCUT2D eigenvalue weighted by Gasteiger charge is 2.40. The van der Waals surface area contributed by atoms with Crippen molar-refractivity contribution in [2.24, 2.45) is 4.99 Å². The number of anilines is 1. The number of hydrogen-bond acceptors (Lipinski definition) is 8. The highest BCUT2D eigenvalue weighted by atomic mass is 19.1. The van der Waals surface area contributed by atoms with Crippen molar-refractivity contribution in [1.29, 1.82) is 0 Å². The number of nitrogens with zero attached hydrogens (tertiary/aromatic N) is 3. The third kappa shape index (κ3) is 5.24. The van der Waals surface area contributed by atoms with Crippen LogP contribution >= 0.6 is 0 Å². The Balaban J connectivity index is 1.30. The monoisotopic (exact) mass is 650 g/mol. The van der Waals surface area contributed by atoms with Gasteiger partial charge in [0.1, 0.15) is 6.17 Å². The number of ether oxygens (including phenoxy) is 2. The summed E-state index contributed by atoms with van der Waals surface area (Å²) in [4.78, 5) is 44.1. The minimum Gasteiger partial charge on any atom is -0.490 e. The first-order chi connectivity index (χ1) is 22.8. The molecule has 0 saturated heterocycles. The van der Waals surface area contributed by atoms with Crippen molar-refractivity contribution < 1.29 is 33.4 Å². The molecule has 0 aromatic heterocycles. The molecule has 11 heteroatoms. The number of hydrogen-bond donors (Lipinski definition) is 2. The summed E-state index contributed by atoms with van der Waals surface area (Å²) in [6, 6.07) is 13.6. The fourth-order valence-corrected chi connectivity index (χ4v) is 6.70. The highest BCUT2D eigenvalue weighted by molar-refractivity contribution is 6.22. The first kappa shape index (κ1) is 31.3. The lowest BCUT2D eigenvalue weighted by Crippen LogP contribution is -2.50. The molecule has 1 amide bonds. The molecule has 48 heavy (non-hydrogen) atoms. The van der Waals surface area contributed by atoms with Gasteiger partial charge >= 0.3 is 5.97 Å². The molecule has 0 bridgehead atoms. The van der Waals surface area contributed by atoms with Crippen molar-refractivity contribution in [3.05, 3.63) is 106 Å². The van der Waals surface area contributed by atoms with Gasteiger partial charge in [-0.05, 0) is 82.3 Å². The molecule has 2 N–H and O–H groups in total. The summed E-state index contributed by atoms with van der Waals surface area (Å²) in [6.07, 6.45) is 2.51. The number of amides is 1. The van der Waals surface area contributed by atoms with Crippen LogP contribution in [0.1, 0.15) is 71.5 Å². The summed E-state index contributed by atoms with van der Waals surface area (Å²) >= 11 is 0. The van der Waals surface area contributed by atoms with Crippen LogP contribution in [0.5, 0.6) is 5.75 Å². The predicted octanol–water partition coefficient (Wildman–Crippen LogP) is 5.93. The Morgan fingerprint density at radius 3 is 2.54 bits per heavy atom. The average Bonchev–Trinajstić information content (AvgIpc) is 3.54. The number of carbonyl (C=O) groups is 3. The Bertz CT molecular complexity index is 2010. The van der Waals surface area contributed by atoms with Crippen molar-refractivity contribution >= 4 is 29.1 Å². The van der Waals surface area contributed by atoms with Gasteiger partial charge in [-0.1, -0.05) is 24.3 Å². The topological polar surface area (TPSA) is 121 Å². The number of carbonyl (C=O) groups excluding carboxylic acids is 2. The van der Waals surface area contributed by atoms with Crippen molar-refractivity contribution in [1.82, 2.24) is 10.3 Å². The number of aliphatic carboxylic acids is 1. The number of nitrogens with one attached hydrogen (secondary N) is 1. The maximum atomic E-state index is 15.6. The lowest BCUT2D eigenvalue weighted by molar-refractivity contribution is -0.155. The second-order valence-electron chi connectivity index (χ2n) is 13.3. The second-order valence-corrected chi connectivity index (χ2v) is 13.3. The number of carboxylic acid groups (broad SMARTS) is 1. The minimum absolute atomic E-state index is 0.0871. The second kappa shape index (κ2) is 11.4. The summed E-state index contributed by atoms with van der Waals surface area (Å²) in [6.45, 7) is 9.31. The van der Waals surface area contributed by atoms with E-state index in [1.54, 1.807) is 74.3 Å². The summed E-state index contributed by atoms with van der Waals surface area (Å²) in [5.74, 6) is -1.59. The van der Waals surface area contributed by atoms with Crippen LogP contribution in [0.3, 0.4) is 0 Å². The van der Waals surface area contributed by atoms with E-state index in [-0.39, 0.29) is 11.5 Å². The van der Waals surface area contributed by atoms with Crippen molar-refractivity contribution in [3.63, 3.8) is 0 Å². The molecular weight excluding hydrogens is 615 g/mol. The van der Waals surface area contributed by atoms with Crippen LogP contribution in [-0.4, -0.2) is 58.0 Å². The third-order valence-corrected chi connectivity index (χ3v) is 8.90. The summed E-state index contributed by atoms with van der Waals surface area (Å²) in [5, 5.41) is 16.6. The standard InChI is InChI=1S/C37H35FN4O6/c1-19-22-11-8-14-47-33(22)28(38)16-29(19)42-31(17-30-39-20(2)27(18-41(30)42)34(36(45)46)48-37(3,4)5)40-35(44)21-12-13-25-26(15-21)23-9-6-7-10-24(23)32(25)43/h6-7,9-10,12-13,15-18,31,34H,8,11,14H2,1-5H3,(H,40,44)(H,45,46)/t31?,34-/m0/s1. The normalized spacial score (nSPS) is 18.5. The van der Waals surface area contributed by atoms with Crippen LogP contribution in [0.4, 0.5) is 10.1 Å². The Morgan fingerprint density at radius 2 is 1.81 bits per heavy atom. The fraction of sp³-hybridized carbons (Fsp3) is 0.297. The third-order valence-electron chi connectivity index (χ3n) is 8.90. The number of carboxylic acids is 1. The summed E-state index contributed by atoms with van der Waals surface area (Å²) < 4.78 is 27.3. The van der Waals surface area contributed by atoms with Gasteiger partial charge in [0, 0.05) is 51.9 Å². The van der Waals surface area contributed by atoms with E-state index >= 15 is 4.39 Å². The maximum absolute atomic E-state index is 15.6. The van der Waals surface area contributed by atoms with Crippen molar-refractivity contribution in [2.45, 2.75) is 65.3 Å². The minimum atomic E-state index is -1.34. The van der Waals surface area contributed by atoms with E-state index in [2.05, 4.69) is 5.32 Å². The number of aliphatic imine (C=N–C) groups is 1. The number of benzene rings is 3. The molecule has 10 nitrogen and oxygen atoms in total. The molecule has 2 atom stereocenters. The SMILES string of the molecule is CC1=NC2=CC(NC(=O)c3ccc4c(c3)-c3ccccc3C4=O)N(c3cc(F)c4c(c3C)CCCO4)N2C=C1[C@H](OC(C)(C)C)C(=O)O. The highest BCUT2D eigenvalue weighted by Crippen LogP contribution is 2.42. The van der Waals surface area contributed by atoms with Crippen molar-refractivity contribution in [2.75, 3.05) is 11.6 Å². The fourth-order valence-electron chi connectivity index (χ4n) is 6.70. The van der Waals surface area contributed by atoms with E-state index in [0.717, 1.165) is 23.1 Å². The molecule has 4 aliphatic rings. The van der Waals surface area contributed by atoms with E-state index < -0.39 is 35.6 Å². The van der Waals surface area contributed by atoms with Crippen LogP contribution in [0.25, 0.3) is 11.1 Å². The molecular formula is C37H35FN4O6. The molecule has 3 heterocycles. The average molecular weight is 651 g/mol. The van der Waals surface area contributed by atoms with Gasteiger partial charge in [-0.3, -0.25) is 14.6 Å². The molecule has 3 aliphatic heterocycles. The maximum Gasteiger partial charge on any atom is 0.337 e. The van der Waals surface area contributed by atoms with Gasteiger partial charge in [0.05, 0.1) is 17.9 Å². The van der Waals surface area contributed by atoms with Gasteiger partial charge in [0.15, 0.2) is 29.3 Å². The summed E-state index contributed by atoms with van der Waals surface area (Å²) in [5.41, 5.74) is 4.83. The van der Waals surface area contributed by atoms with Gasteiger partial charge in [-0.2, -0.15) is 0 Å². The van der Waals surface area contributed by atoms with Crippen LogP contribution in [0.2, 0.25) is 0 Å². The number of rotatable bonds is 6. The van der Waals surface area contributed by atoms with E-state index in [1.807, 2.05) is 25.1 Å². The van der Waals surface area contributed by atoms with Gasteiger partial charge in [-0.15, -0.1) is 0 Å². The molecule has 3 aromatic rings. The molecule has 7 rings (SSSR count). The number of ketones is 1. The van der Waals surface area contributed by atoms with E-state index in [1.165, 1.54) is 6.07 Å². The van der Waals surface area contributed by atoms with E-state index in [4.69, 9.17) is 14.5 Å². The van der Waals surface area contributed by atoms with Crippen LogP contribution in [0.15, 0.2) is 77.2 Å². The van der Waals surface area contributed by atoms with Gasteiger partial charge in [0.2, 0.25) is 0 Å². The van der Waals surface area contributed by atoms with Crippen LogP contribution < -0.4 is 15.1 Å². The van der Waals surface area contributed by atoms with Gasteiger partial charge in [0.25, 0.3) is 5.91 Å². The van der Waals surface area contributed by atoms with E-state index in [0.29, 0.717) is 58.1 Å². The molecule has 0 saturated carbocycles. The van der Waals surface area contributed by atoms with E-state index in [9.17, 15) is 19.5 Å². The lowest BCUT2D eigenvalue weighted by atomic mass is 9.98. The molecule has 3 aromatic carbocycles. The Morgan fingerprint density at radius 1 is 1.08 bits per heavy atom. The zero-order valence-electron chi connectivity index (χ0n) is 27.3. The molecule has 0 radical (unpaired) electrons. The zero-order valence-corrected chi connectivity index (χ0v) is 27.3. The Kier molecular flexibility index (Phi) is 7.47. The first-order valence-corrected chi connectivity index (χ1v) is 15.8. The van der Waals surface area contributed by atoms with Gasteiger partial charge < -0.3 is 19.9 Å². The first-order valence-electron chi connectivity index (χ1n) is 15.8. The number of fused-ring (bicyclic) bond motifs is 5. The quantitative estimate of drug-likeness (QED) is 0.264. The van der Waals surface area contributed by atoms with Crippen LogP contribution in [0, 0.1) is 12.7 Å². The molecule has 0 fully saturated rings. The molecule has 1 aliphatic carbocycles. The Hall–Kier alpha value is -5.29. The number of hydrazine groups is 1. The molecule has 246 valence electrons. The Labute approximate surface area is 277 Å². The lowest BCUT2D eigenvalue weighted by Gasteiger charge is -2.38. The van der Waals surface area contributed by atoms with Gasteiger partial charge in [-0.25, -0.2) is 19.2 Å². The largest absolute Gasteiger partial charge is 0.490 e. The predicted molar refractivity (Wildman–Crippen MR) is 177 cm³/mol. The number of halogens is 1. The molecule has 1 unspecified atom stereocenters.